The van der Waals surface area contributed by atoms with E-state index in [1.54, 1.807) is 24.0 Å². The van der Waals surface area contributed by atoms with Crippen LogP contribution < -0.4 is 14.4 Å². The summed E-state index contributed by atoms with van der Waals surface area (Å²) < 4.78 is 17.7. The minimum absolute atomic E-state index is 0.0573. The first-order valence-electron chi connectivity index (χ1n) is 16.6. The van der Waals surface area contributed by atoms with Gasteiger partial charge in [-0.3, -0.25) is 14.5 Å². The van der Waals surface area contributed by atoms with Gasteiger partial charge in [0.25, 0.3) is 11.8 Å². The molecule has 0 spiro atoms. The Balaban J connectivity index is 1.27. The Morgan fingerprint density at radius 3 is 2.48 bits per heavy atom. The molecular weight excluding hydrogens is 580 g/mol. The van der Waals surface area contributed by atoms with Gasteiger partial charge < -0.3 is 28.9 Å². The van der Waals surface area contributed by atoms with Crippen molar-refractivity contribution < 1.29 is 23.8 Å². The fourth-order valence-electron chi connectivity index (χ4n) is 6.65. The van der Waals surface area contributed by atoms with Gasteiger partial charge >= 0.3 is 0 Å². The van der Waals surface area contributed by atoms with Gasteiger partial charge in [0.05, 0.1) is 26.9 Å². The van der Waals surface area contributed by atoms with E-state index in [0.717, 1.165) is 66.6 Å². The molecule has 2 saturated heterocycles. The van der Waals surface area contributed by atoms with Crippen LogP contribution in [0, 0.1) is 0 Å². The molecule has 2 amide bonds. The highest BCUT2D eigenvalue weighted by Gasteiger charge is 2.22. The van der Waals surface area contributed by atoms with E-state index in [2.05, 4.69) is 28.0 Å². The van der Waals surface area contributed by atoms with Crippen LogP contribution in [-0.4, -0.2) is 106 Å². The second-order valence-electron chi connectivity index (χ2n) is 12.5. The molecule has 2 bridgehead atoms. The van der Waals surface area contributed by atoms with Crippen molar-refractivity contribution in [2.45, 2.75) is 32.2 Å². The SMILES string of the molecule is COc1ccc(C(=O)N2CCOc3ccc(N4CCOCC4)cc3Cc3cccc(c3)C(=O)N(C)CC2)cc1CN1CCCCC1. The molecule has 3 heterocycles. The number of hydrogen-bond acceptors (Lipinski definition) is 7. The minimum Gasteiger partial charge on any atom is -0.496 e. The Hall–Kier alpha value is -4.08. The van der Waals surface area contributed by atoms with Crippen molar-refractivity contribution in [2.75, 3.05) is 84.7 Å². The van der Waals surface area contributed by atoms with Crippen molar-refractivity contribution in [2.24, 2.45) is 0 Å². The fourth-order valence-corrected chi connectivity index (χ4v) is 6.65. The topological polar surface area (TPSA) is 74.8 Å². The average Bonchev–Trinajstić information content (AvgIpc) is 3.10. The molecule has 0 aliphatic carbocycles. The maximum atomic E-state index is 14.1. The van der Waals surface area contributed by atoms with E-state index in [9.17, 15) is 9.59 Å². The third-order valence-electron chi connectivity index (χ3n) is 9.32. The zero-order chi connectivity index (χ0) is 31.9. The number of likely N-dealkylation sites (tertiary alicyclic amines) is 1. The summed E-state index contributed by atoms with van der Waals surface area (Å²) in [4.78, 5) is 35.8. The van der Waals surface area contributed by atoms with Crippen LogP contribution in [0.25, 0.3) is 0 Å². The molecule has 0 unspecified atom stereocenters. The number of rotatable bonds is 5. The summed E-state index contributed by atoms with van der Waals surface area (Å²) >= 11 is 0. The molecule has 3 aliphatic rings. The predicted molar refractivity (Wildman–Crippen MR) is 179 cm³/mol. The Morgan fingerprint density at radius 2 is 1.67 bits per heavy atom. The molecule has 3 aromatic carbocycles. The zero-order valence-electron chi connectivity index (χ0n) is 27.2. The number of benzene rings is 3. The average molecular weight is 627 g/mol. The van der Waals surface area contributed by atoms with Gasteiger partial charge in [-0.2, -0.15) is 0 Å². The second-order valence-corrected chi connectivity index (χ2v) is 12.5. The van der Waals surface area contributed by atoms with Crippen LogP contribution in [0.3, 0.4) is 0 Å². The number of fused-ring (bicyclic) bond motifs is 3. The van der Waals surface area contributed by atoms with Crippen molar-refractivity contribution in [3.05, 3.63) is 88.5 Å². The van der Waals surface area contributed by atoms with Crippen molar-refractivity contribution in [3.8, 4) is 11.5 Å². The summed E-state index contributed by atoms with van der Waals surface area (Å²) in [7, 11) is 3.48. The Morgan fingerprint density at radius 1 is 0.848 bits per heavy atom. The number of nitrogens with zero attached hydrogens (tertiary/aromatic N) is 4. The predicted octanol–water partition coefficient (Wildman–Crippen LogP) is 4.72. The van der Waals surface area contributed by atoms with Gasteiger partial charge in [0, 0.05) is 74.1 Å². The number of carbonyl (C=O) groups is 2. The molecule has 0 saturated carbocycles. The largest absolute Gasteiger partial charge is 0.496 e. The van der Waals surface area contributed by atoms with E-state index < -0.39 is 0 Å². The maximum absolute atomic E-state index is 14.1. The summed E-state index contributed by atoms with van der Waals surface area (Å²) in [5.41, 5.74) is 5.51. The van der Waals surface area contributed by atoms with Crippen LogP contribution in [-0.2, 0) is 17.7 Å². The number of anilines is 1. The van der Waals surface area contributed by atoms with Gasteiger partial charge in [-0.15, -0.1) is 0 Å². The van der Waals surface area contributed by atoms with Crippen LogP contribution in [0.15, 0.2) is 60.7 Å². The van der Waals surface area contributed by atoms with Gasteiger partial charge in [-0.1, -0.05) is 18.6 Å². The quantitative estimate of drug-likeness (QED) is 0.406. The van der Waals surface area contributed by atoms with E-state index in [4.69, 9.17) is 14.2 Å². The normalized spacial score (nSPS) is 18.4. The molecule has 9 heteroatoms. The van der Waals surface area contributed by atoms with Crippen molar-refractivity contribution >= 4 is 17.5 Å². The molecule has 46 heavy (non-hydrogen) atoms. The molecular formula is C37H46N4O5. The van der Waals surface area contributed by atoms with E-state index in [-0.39, 0.29) is 11.8 Å². The second kappa shape index (κ2) is 15.0. The molecule has 244 valence electrons. The summed E-state index contributed by atoms with van der Waals surface area (Å²) in [6, 6.07) is 19.9. The maximum Gasteiger partial charge on any atom is 0.254 e. The molecule has 0 atom stereocenters. The number of carbonyl (C=O) groups excluding carboxylic acids is 2. The lowest BCUT2D eigenvalue weighted by Crippen LogP contribution is -2.41. The molecule has 0 N–H and O–H groups in total. The lowest BCUT2D eigenvalue weighted by Gasteiger charge is -2.30. The number of amides is 2. The van der Waals surface area contributed by atoms with Gasteiger partial charge in [-0.25, -0.2) is 0 Å². The Labute approximate surface area is 272 Å². The number of ether oxygens (including phenoxy) is 3. The third kappa shape index (κ3) is 7.65. The molecule has 0 radical (unpaired) electrons. The Bertz CT molecular complexity index is 1520. The standard InChI is InChI=1S/C37H46N4O5/c1-38-15-16-41(37(43)30-9-11-34(44-2)32(25-30)27-39-13-4-3-5-14-39)19-22-46-35-12-10-33(40-17-20-45-21-18-40)26-31(35)24-28-7-6-8-29(23-28)36(38)42/h6-12,23,25-26H,3-5,13-22,24,27H2,1-2H3. The lowest BCUT2D eigenvalue weighted by molar-refractivity contribution is 0.0668. The Kier molecular flexibility index (Phi) is 10.4. The van der Waals surface area contributed by atoms with E-state index in [0.29, 0.717) is 57.0 Å². The zero-order valence-corrected chi connectivity index (χ0v) is 27.2. The van der Waals surface area contributed by atoms with Crippen LogP contribution in [0.2, 0.25) is 0 Å². The monoisotopic (exact) mass is 626 g/mol. The molecule has 3 aliphatic heterocycles. The van der Waals surface area contributed by atoms with Gasteiger partial charge in [0.2, 0.25) is 0 Å². The van der Waals surface area contributed by atoms with E-state index >= 15 is 0 Å². The van der Waals surface area contributed by atoms with E-state index in [1.165, 1.54) is 19.3 Å². The summed E-state index contributed by atoms with van der Waals surface area (Å²) in [6.45, 7) is 7.52. The summed E-state index contributed by atoms with van der Waals surface area (Å²) in [6.07, 6.45) is 4.30. The number of likely N-dealkylation sites (N-methyl/N-ethyl adjacent to an activating group) is 1. The highest BCUT2D eigenvalue weighted by atomic mass is 16.5. The van der Waals surface area contributed by atoms with Gasteiger partial charge in [0.15, 0.2) is 0 Å². The number of morpholine rings is 1. The van der Waals surface area contributed by atoms with Crippen LogP contribution in [0.1, 0.15) is 56.7 Å². The van der Waals surface area contributed by atoms with Crippen molar-refractivity contribution in [1.82, 2.24) is 14.7 Å². The van der Waals surface area contributed by atoms with E-state index in [1.807, 2.05) is 42.5 Å². The number of piperidine rings is 1. The lowest BCUT2D eigenvalue weighted by atomic mass is 10.0. The van der Waals surface area contributed by atoms with Crippen molar-refractivity contribution in [3.63, 3.8) is 0 Å². The molecule has 6 rings (SSSR count). The fraction of sp³-hybridized carbons (Fsp3) is 0.459. The number of methoxy groups -OCH3 is 1. The first-order chi connectivity index (χ1) is 22.5. The van der Waals surface area contributed by atoms with Crippen LogP contribution >= 0.6 is 0 Å². The van der Waals surface area contributed by atoms with Crippen LogP contribution in [0.5, 0.6) is 11.5 Å². The minimum atomic E-state index is -0.0797. The first kappa shape index (κ1) is 31.9. The van der Waals surface area contributed by atoms with Gasteiger partial charge in [-0.05, 0) is 80.0 Å². The molecule has 2 fully saturated rings. The molecule has 9 nitrogen and oxygen atoms in total. The smallest absolute Gasteiger partial charge is 0.254 e. The third-order valence-corrected chi connectivity index (χ3v) is 9.32. The van der Waals surface area contributed by atoms with Gasteiger partial charge in [0.1, 0.15) is 18.1 Å². The highest BCUT2D eigenvalue weighted by molar-refractivity contribution is 5.95. The van der Waals surface area contributed by atoms with Crippen LogP contribution in [0.4, 0.5) is 5.69 Å². The summed E-state index contributed by atoms with van der Waals surface area (Å²) in [5.74, 6) is 1.46. The first-order valence-corrected chi connectivity index (χ1v) is 16.6. The molecule has 0 aromatic heterocycles. The van der Waals surface area contributed by atoms with Crippen molar-refractivity contribution in [1.29, 1.82) is 0 Å². The number of hydrogen-bond donors (Lipinski definition) is 0. The highest BCUT2D eigenvalue weighted by Crippen LogP contribution is 2.29. The molecule has 3 aromatic rings. The summed E-state index contributed by atoms with van der Waals surface area (Å²) in [5, 5.41) is 0.